The van der Waals surface area contributed by atoms with Crippen LogP contribution in [0.5, 0.6) is 0 Å². The molecule has 0 aliphatic carbocycles. The van der Waals surface area contributed by atoms with Crippen LogP contribution in [0.3, 0.4) is 0 Å². The molecule has 1 fully saturated rings. The highest BCUT2D eigenvalue weighted by Crippen LogP contribution is 2.26. The van der Waals surface area contributed by atoms with E-state index in [1.165, 1.54) is 0 Å². The van der Waals surface area contributed by atoms with Crippen molar-refractivity contribution in [3.8, 4) is 0 Å². The normalized spacial score (nSPS) is 19.2. The maximum absolute atomic E-state index is 12.7. The number of carbonyl (C=O) groups excluding carboxylic acids is 2. The zero-order chi connectivity index (χ0) is 16.8. The van der Waals surface area contributed by atoms with E-state index < -0.39 is 6.04 Å². The van der Waals surface area contributed by atoms with Gasteiger partial charge in [-0.05, 0) is 13.3 Å². The van der Waals surface area contributed by atoms with Crippen LogP contribution in [0, 0.1) is 0 Å². The number of nitrogens with zero attached hydrogens (tertiary/aromatic N) is 4. The van der Waals surface area contributed by atoms with E-state index in [4.69, 9.17) is 0 Å². The van der Waals surface area contributed by atoms with Gasteiger partial charge in [0, 0.05) is 36.7 Å². The van der Waals surface area contributed by atoms with Gasteiger partial charge in [0.1, 0.15) is 11.9 Å². The monoisotopic (exact) mass is 316 g/mol. The lowest BCUT2D eigenvalue weighted by Gasteiger charge is -2.27. The lowest BCUT2D eigenvalue weighted by Crippen LogP contribution is -2.45. The van der Waals surface area contributed by atoms with Crippen molar-refractivity contribution in [1.29, 1.82) is 0 Å². The molecule has 1 saturated heterocycles. The molecule has 0 N–H and O–H groups in total. The molecule has 124 valence electrons. The highest BCUT2D eigenvalue weighted by molar-refractivity contribution is 5.88. The van der Waals surface area contributed by atoms with Crippen LogP contribution in [0.1, 0.15) is 57.6 Å². The Kier molecular flexibility index (Phi) is 3.86. The third-order valence-electron chi connectivity index (χ3n) is 4.57. The van der Waals surface area contributed by atoms with E-state index in [0.717, 1.165) is 23.5 Å². The van der Waals surface area contributed by atoms with Crippen LogP contribution in [0.2, 0.25) is 0 Å². The van der Waals surface area contributed by atoms with Gasteiger partial charge in [0.15, 0.2) is 0 Å². The molecule has 1 atom stereocenters. The molecule has 6 heteroatoms. The molecule has 0 aromatic carbocycles. The third-order valence-corrected chi connectivity index (χ3v) is 4.57. The number of carbonyl (C=O) groups is 2. The van der Waals surface area contributed by atoms with Crippen LogP contribution < -0.4 is 0 Å². The number of likely N-dealkylation sites (tertiary alicyclic amines) is 1. The third kappa shape index (κ3) is 2.94. The van der Waals surface area contributed by atoms with Crippen LogP contribution in [0.15, 0.2) is 6.20 Å². The first-order chi connectivity index (χ1) is 10.8. The van der Waals surface area contributed by atoms with Gasteiger partial charge in [-0.2, -0.15) is 0 Å². The largest absolute Gasteiger partial charge is 0.331 e. The summed E-state index contributed by atoms with van der Waals surface area (Å²) in [7, 11) is 0. The van der Waals surface area contributed by atoms with Gasteiger partial charge in [-0.1, -0.05) is 20.8 Å². The minimum atomic E-state index is -0.394. The number of hydrogen-bond donors (Lipinski definition) is 0. The van der Waals surface area contributed by atoms with E-state index in [9.17, 15) is 9.59 Å². The molecule has 0 radical (unpaired) electrons. The quantitative estimate of drug-likeness (QED) is 0.832. The first-order valence-corrected chi connectivity index (χ1v) is 8.21. The Hall–Kier alpha value is -1.98. The van der Waals surface area contributed by atoms with E-state index in [0.29, 0.717) is 26.1 Å². The van der Waals surface area contributed by atoms with Gasteiger partial charge in [-0.15, -0.1) is 0 Å². The van der Waals surface area contributed by atoms with Gasteiger partial charge < -0.3 is 9.80 Å². The van der Waals surface area contributed by atoms with Gasteiger partial charge in [0.05, 0.1) is 12.2 Å². The maximum atomic E-state index is 12.7. The second kappa shape index (κ2) is 5.58. The minimum absolute atomic E-state index is 0.00411. The van der Waals surface area contributed by atoms with Crippen molar-refractivity contribution in [3.63, 3.8) is 0 Å². The van der Waals surface area contributed by atoms with Crippen molar-refractivity contribution in [2.45, 2.75) is 65.1 Å². The van der Waals surface area contributed by atoms with Crippen LogP contribution in [-0.2, 0) is 28.1 Å². The molecular formula is C17H24N4O2. The molecule has 0 bridgehead atoms. The second-order valence-electron chi connectivity index (χ2n) is 7.48. The van der Waals surface area contributed by atoms with Crippen molar-refractivity contribution in [2.75, 3.05) is 6.54 Å². The van der Waals surface area contributed by atoms with E-state index in [2.05, 4.69) is 30.7 Å². The molecule has 2 aliphatic heterocycles. The van der Waals surface area contributed by atoms with Gasteiger partial charge in [0.25, 0.3) is 0 Å². The maximum Gasteiger partial charge on any atom is 0.245 e. The highest BCUT2D eigenvalue weighted by atomic mass is 16.2. The molecule has 1 aromatic rings. The Morgan fingerprint density at radius 2 is 2.04 bits per heavy atom. The SMILES string of the molecule is CC(C(=O)N1Cc2cnc(C(C)(C)C)nc2C1)N1CCCC1=O. The van der Waals surface area contributed by atoms with Crippen molar-refractivity contribution >= 4 is 11.8 Å². The van der Waals surface area contributed by atoms with Crippen molar-refractivity contribution in [3.05, 3.63) is 23.3 Å². The zero-order valence-electron chi connectivity index (χ0n) is 14.3. The summed E-state index contributed by atoms with van der Waals surface area (Å²) in [6.07, 6.45) is 3.23. The molecule has 1 aromatic heterocycles. The van der Waals surface area contributed by atoms with Crippen LogP contribution in [-0.4, -0.2) is 44.2 Å². The number of rotatable bonds is 2. The Balaban J connectivity index is 1.74. The molecular weight excluding hydrogens is 292 g/mol. The van der Waals surface area contributed by atoms with Crippen LogP contribution >= 0.6 is 0 Å². The Morgan fingerprint density at radius 3 is 2.65 bits per heavy atom. The number of amides is 2. The smallest absolute Gasteiger partial charge is 0.245 e. The van der Waals surface area contributed by atoms with E-state index in [-0.39, 0.29) is 17.2 Å². The average molecular weight is 316 g/mol. The first kappa shape index (κ1) is 15.9. The summed E-state index contributed by atoms with van der Waals surface area (Å²) in [4.78, 5) is 37.1. The van der Waals surface area contributed by atoms with Gasteiger partial charge in [0.2, 0.25) is 11.8 Å². The number of aromatic nitrogens is 2. The first-order valence-electron chi connectivity index (χ1n) is 8.21. The summed E-state index contributed by atoms with van der Waals surface area (Å²) in [5.74, 6) is 0.876. The van der Waals surface area contributed by atoms with Crippen molar-refractivity contribution in [1.82, 2.24) is 19.8 Å². The average Bonchev–Trinajstić information content (AvgIpc) is 3.09. The molecule has 0 spiro atoms. The second-order valence-corrected chi connectivity index (χ2v) is 7.48. The zero-order valence-corrected chi connectivity index (χ0v) is 14.3. The summed E-state index contributed by atoms with van der Waals surface area (Å²) in [5.41, 5.74) is 1.83. The topological polar surface area (TPSA) is 66.4 Å². The Morgan fingerprint density at radius 1 is 1.30 bits per heavy atom. The standard InChI is InChI=1S/C17H24N4O2/c1-11(21-7-5-6-14(21)22)15(23)20-9-12-8-18-16(17(2,3)4)19-13(12)10-20/h8,11H,5-7,9-10H2,1-4H3. The minimum Gasteiger partial charge on any atom is -0.331 e. The number of hydrogen-bond acceptors (Lipinski definition) is 4. The summed E-state index contributed by atoms with van der Waals surface area (Å²) >= 11 is 0. The van der Waals surface area contributed by atoms with Crippen LogP contribution in [0.4, 0.5) is 0 Å². The molecule has 1 unspecified atom stereocenters. The fraction of sp³-hybridized carbons (Fsp3) is 0.647. The molecule has 2 amide bonds. The lowest BCUT2D eigenvalue weighted by molar-refractivity contribution is -0.143. The summed E-state index contributed by atoms with van der Waals surface area (Å²) < 4.78 is 0. The van der Waals surface area contributed by atoms with Gasteiger partial charge in [-0.3, -0.25) is 9.59 Å². The van der Waals surface area contributed by atoms with E-state index in [1.54, 1.807) is 9.80 Å². The molecule has 2 aliphatic rings. The predicted octanol–water partition coefficient (Wildman–Crippen LogP) is 1.63. The fourth-order valence-electron chi connectivity index (χ4n) is 3.15. The van der Waals surface area contributed by atoms with E-state index in [1.807, 2.05) is 13.1 Å². The predicted molar refractivity (Wildman–Crippen MR) is 85.4 cm³/mol. The molecule has 23 heavy (non-hydrogen) atoms. The Bertz CT molecular complexity index is 650. The highest BCUT2D eigenvalue weighted by Gasteiger charge is 2.35. The molecule has 3 rings (SSSR count). The summed E-state index contributed by atoms with van der Waals surface area (Å²) in [5, 5.41) is 0. The summed E-state index contributed by atoms with van der Waals surface area (Å²) in [6, 6.07) is -0.394. The van der Waals surface area contributed by atoms with Crippen molar-refractivity contribution < 1.29 is 9.59 Å². The summed E-state index contributed by atoms with van der Waals surface area (Å²) in [6.45, 7) is 9.77. The van der Waals surface area contributed by atoms with Crippen LogP contribution in [0.25, 0.3) is 0 Å². The van der Waals surface area contributed by atoms with E-state index >= 15 is 0 Å². The van der Waals surface area contributed by atoms with Gasteiger partial charge >= 0.3 is 0 Å². The van der Waals surface area contributed by atoms with Crippen molar-refractivity contribution in [2.24, 2.45) is 0 Å². The Labute approximate surface area is 136 Å². The lowest BCUT2D eigenvalue weighted by atomic mass is 9.95. The number of fused-ring (bicyclic) bond motifs is 1. The fourth-order valence-corrected chi connectivity index (χ4v) is 3.15. The molecule has 6 nitrogen and oxygen atoms in total. The molecule has 3 heterocycles. The molecule has 0 saturated carbocycles. The van der Waals surface area contributed by atoms with Gasteiger partial charge in [-0.25, -0.2) is 9.97 Å².